The van der Waals surface area contributed by atoms with Gasteiger partial charge in [0, 0.05) is 13.1 Å². The second-order valence-electron chi connectivity index (χ2n) is 8.41. The Hall–Kier alpha value is -3.14. The van der Waals surface area contributed by atoms with Crippen molar-refractivity contribution >= 4 is 27.5 Å². The monoisotopic (exact) mass is 521 g/mol. The van der Waals surface area contributed by atoms with Crippen molar-refractivity contribution in [3.63, 3.8) is 0 Å². The Balaban J connectivity index is 2.37. The number of carbonyl (C=O) groups is 2. The zero-order valence-corrected chi connectivity index (χ0v) is 22.2. The summed E-state index contributed by atoms with van der Waals surface area (Å²) in [6.45, 7) is 6.11. The standard InChI is InChI=1S/C26H36FN3O5S/c1-5-8-17-28-26(32)24(6-2)29(18-20-9-11-21(27)12-10-20)25(31)19-30(36(4,33)34)22-13-15-23(16-14-22)35-7-3/h9-16,24H,5-8,17-19H2,1-4H3,(H,28,32)/t24-/m1/s1. The first kappa shape index (κ1) is 29.1. The number of hydrogen-bond donors (Lipinski definition) is 1. The minimum absolute atomic E-state index is 0.0275. The molecular weight excluding hydrogens is 485 g/mol. The first-order chi connectivity index (χ1) is 17.1. The maximum Gasteiger partial charge on any atom is 0.244 e. The van der Waals surface area contributed by atoms with Crippen LogP contribution in [0, 0.1) is 5.82 Å². The van der Waals surface area contributed by atoms with Crippen LogP contribution in [0.3, 0.4) is 0 Å². The molecule has 0 radical (unpaired) electrons. The number of anilines is 1. The van der Waals surface area contributed by atoms with Crippen LogP contribution in [0.25, 0.3) is 0 Å². The molecule has 0 fully saturated rings. The van der Waals surface area contributed by atoms with Crippen molar-refractivity contribution < 1.29 is 27.1 Å². The summed E-state index contributed by atoms with van der Waals surface area (Å²) >= 11 is 0. The van der Waals surface area contributed by atoms with Gasteiger partial charge in [-0.25, -0.2) is 12.8 Å². The highest BCUT2D eigenvalue weighted by Gasteiger charge is 2.31. The number of nitrogens with one attached hydrogen (secondary N) is 1. The molecular formula is C26H36FN3O5S. The van der Waals surface area contributed by atoms with Crippen molar-refractivity contribution in [3.8, 4) is 5.75 Å². The third-order valence-electron chi connectivity index (χ3n) is 5.60. The summed E-state index contributed by atoms with van der Waals surface area (Å²) in [5, 5.41) is 2.86. The van der Waals surface area contributed by atoms with Gasteiger partial charge in [0.25, 0.3) is 0 Å². The predicted molar refractivity (Wildman–Crippen MR) is 139 cm³/mol. The van der Waals surface area contributed by atoms with E-state index in [2.05, 4.69) is 5.32 Å². The number of amides is 2. The van der Waals surface area contributed by atoms with Gasteiger partial charge in [0.15, 0.2) is 0 Å². The molecule has 0 saturated heterocycles. The lowest BCUT2D eigenvalue weighted by molar-refractivity contribution is -0.140. The molecule has 1 N–H and O–H groups in total. The smallest absolute Gasteiger partial charge is 0.244 e. The first-order valence-corrected chi connectivity index (χ1v) is 14.0. The highest BCUT2D eigenvalue weighted by molar-refractivity contribution is 7.92. The third kappa shape index (κ3) is 8.51. The molecule has 0 spiro atoms. The number of halogens is 1. The van der Waals surface area contributed by atoms with Crippen molar-refractivity contribution in [2.45, 2.75) is 52.6 Å². The summed E-state index contributed by atoms with van der Waals surface area (Å²) in [4.78, 5) is 27.9. The van der Waals surface area contributed by atoms with Crippen molar-refractivity contribution in [1.29, 1.82) is 0 Å². The van der Waals surface area contributed by atoms with Gasteiger partial charge >= 0.3 is 0 Å². The molecule has 2 aromatic carbocycles. The molecule has 0 aromatic heterocycles. The fourth-order valence-corrected chi connectivity index (χ4v) is 4.55. The quantitative estimate of drug-likeness (QED) is 0.383. The topological polar surface area (TPSA) is 96.0 Å². The molecule has 2 rings (SSSR count). The Morgan fingerprint density at radius 3 is 2.19 bits per heavy atom. The molecule has 8 nitrogen and oxygen atoms in total. The minimum Gasteiger partial charge on any atom is -0.494 e. The van der Waals surface area contributed by atoms with Gasteiger partial charge in [-0.2, -0.15) is 0 Å². The maximum atomic E-state index is 13.6. The maximum absolute atomic E-state index is 13.6. The Kier molecular flexibility index (Phi) is 11.2. The highest BCUT2D eigenvalue weighted by Crippen LogP contribution is 2.23. The van der Waals surface area contributed by atoms with E-state index < -0.39 is 34.3 Å². The summed E-state index contributed by atoms with van der Waals surface area (Å²) in [7, 11) is -3.83. The molecule has 2 aromatic rings. The van der Waals surface area contributed by atoms with E-state index >= 15 is 0 Å². The second kappa shape index (κ2) is 13.8. The van der Waals surface area contributed by atoms with Gasteiger partial charge < -0.3 is 15.0 Å². The highest BCUT2D eigenvalue weighted by atomic mass is 32.2. The molecule has 0 saturated carbocycles. The molecule has 0 heterocycles. The molecule has 0 aliphatic heterocycles. The number of nitrogens with zero attached hydrogens (tertiary/aromatic N) is 2. The van der Waals surface area contributed by atoms with Crippen LogP contribution in [0.1, 0.15) is 45.6 Å². The van der Waals surface area contributed by atoms with E-state index in [1.165, 1.54) is 29.2 Å². The molecule has 0 aliphatic rings. The number of carbonyl (C=O) groups excluding carboxylic acids is 2. The van der Waals surface area contributed by atoms with Gasteiger partial charge in [-0.05, 0) is 61.7 Å². The molecule has 2 amide bonds. The average Bonchev–Trinajstić information content (AvgIpc) is 2.84. The van der Waals surface area contributed by atoms with Gasteiger partial charge in [-0.1, -0.05) is 32.4 Å². The summed E-state index contributed by atoms with van der Waals surface area (Å²) in [5.41, 5.74) is 0.924. The lowest BCUT2D eigenvalue weighted by Gasteiger charge is -2.33. The van der Waals surface area contributed by atoms with Crippen LogP contribution in [0.4, 0.5) is 10.1 Å². The van der Waals surface area contributed by atoms with Crippen LogP contribution in [0.5, 0.6) is 5.75 Å². The van der Waals surface area contributed by atoms with Crippen molar-refractivity contribution in [2.75, 3.05) is 30.3 Å². The van der Waals surface area contributed by atoms with Gasteiger partial charge in [-0.15, -0.1) is 0 Å². The number of benzene rings is 2. The molecule has 0 bridgehead atoms. The van der Waals surface area contributed by atoms with E-state index in [1.54, 1.807) is 31.2 Å². The lowest BCUT2D eigenvalue weighted by atomic mass is 10.1. The minimum atomic E-state index is -3.83. The van der Waals surface area contributed by atoms with Gasteiger partial charge in [0.2, 0.25) is 21.8 Å². The molecule has 0 aliphatic carbocycles. The Bertz CT molecular complexity index is 1090. The summed E-state index contributed by atoms with van der Waals surface area (Å²) < 4.78 is 45.2. The SMILES string of the molecule is CCCCNC(=O)[C@@H](CC)N(Cc1ccc(F)cc1)C(=O)CN(c1ccc(OCC)cc1)S(C)(=O)=O. The molecule has 36 heavy (non-hydrogen) atoms. The fourth-order valence-electron chi connectivity index (χ4n) is 3.70. The summed E-state index contributed by atoms with van der Waals surface area (Å²) in [5.74, 6) is -0.696. The van der Waals surface area contributed by atoms with Crippen LogP contribution < -0.4 is 14.4 Å². The van der Waals surface area contributed by atoms with Crippen LogP contribution in [-0.4, -0.2) is 57.1 Å². The van der Waals surface area contributed by atoms with Crippen LogP contribution in [0.15, 0.2) is 48.5 Å². The van der Waals surface area contributed by atoms with Gasteiger partial charge in [0.05, 0.1) is 18.6 Å². The van der Waals surface area contributed by atoms with Crippen LogP contribution >= 0.6 is 0 Å². The van der Waals surface area contributed by atoms with Crippen LogP contribution in [-0.2, 0) is 26.2 Å². The van der Waals surface area contributed by atoms with Crippen molar-refractivity contribution in [3.05, 3.63) is 59.9 Å². The lowest BCUT2D eigenvalue weighted by Crippen LogP contribution is -2.52. The molecule has 0 unspecified atom stereocenters. The number of sulfonamides is 1. The summed E-state index contributed by atoms with van der Waals surface area (Å²) in [6, 6.07) is 11.2. The van der Waals surface area contributed by atoms with E-state index in [4.69, 9.17) is 4.74 Å². The number of ether oxygens (including phenoxy) is 1. The Morgan fingerprint density at radius 2 is 1.67 bits per heavy atom. The molecule has 1 atom stereocenters. The van der Waals surface area contributed by atoms with E-state index in [1.807, 2.05) is 13.8 Å². The van der Waals surface area contributed by atoms with E-state index in [9.17, 15) is 22.4 Å². The Labute approximate surface area is 213 Å². The largest absolute Gasteiger partial charge is 0.494 e. The summed E-state index contributed by atoms with van der Waals surface area (Å²) in [6.07, 6.45) is 3.05. The number of unbranched alkanes of at least 4 members (excludes halogenated alkanes) is 1. The Morgan fingerprint density at radius 1 is 1.03 bits per heavy atom. The zero-order valence-electron chi connectivity index (χ0n) is 21.4. The van der Waals surface area contributed by atoms with Gasteiger partial charge in [-0.3, -0.25) is 13.9 Å². The first-order valence-electron chi connectivity index (χ1n) is 12.1. The fraction of sp³-hybridized carbons (Fsp3) is 0.462. The predicted octanol–water partition coefficient (Wildman–Crippen LogP) is 3.71. The van der Waals surface area contributed by atoms with E-state index in [0.717, 1.165) is 23.4 Å². The average molecular weight is 522 g/mol. The zero-order chi connectivity index (χ0) is 26.7. The van der Waals surface area contributed by atoms with E-state index in [-0.39, 0.29) is 12.5 Å². The van der Waals surface area contributed by atoms with Crippen molar-refractivity contribution in [1.82, 2.24) is 10.2 Å². The van der Waals surface area contributed by atoms with Gasteiger partial charge in [0.1, 0.15) is 24.2 Å². The normalized spacial score (nSPS) is 12.0. The van der Waals surface area contributed by atoms with E-state index in [0.29, 0.717) is 36.6 Å². The number of hydrogen-bond acceptors (Lipinski definition) is 5. The number of rotatable bonds is 14. The molecule has 10 heteroatoms. The molecule has 198 valence electrons. The second-order valence-corrected chi connectivity index (χ2v) is 10.3. The van der Waals surface area contributed by atoms with Crippen molar-refractivity contribution in [2.24, 2.45) is 0 Å². The third-order valence-corrected chi connectivity index (χ3v) is 6.74. The van der Waals surface area contributed by atoms with Crippen LogP contribution in [0.2, 0.25) is 0 Å².